The van der Waals surface area contributed by atoms with Crippen LogP contribution >= 0.6 is 35.3 Å². The zero-order valence-electron chi connectivity index (χ0n) is 19.2. The first-order valence-electron chi connectivity index (χ1n) is 10.5. The average molecular weight is 548 g/mol. The minimum Gasteiger partial charge on any atom is -0.356 e. The van der Waals surface area contributed by atoms with Crippen molar-refractivity contribution in [2.75, 3.05) is 19.6 Å². The molecule has 0 aliphatic heterocycles. The van der Waals surface area contributed by atoms with Gasteiger partial charge in [-0.15, -0.1) is 45.5 Å². The number of thiophene rings is 1. The van der Waals surface area contributed by atoms with Gasteiger partial charge in [0.15, 0.2) is 11.8 Å². The Labute approximate surface area is 202 Å². The monoisotopic (exact) mass is 547 g/mol. The maximum Gasteiger partial charge on any atom is 0.191 e. The van der Waals surface area contributed by atoms with Crippen LogP contribution in [0.4, 0.5) is 0 Å². The summed E-state index contributed by atoms with van der Waals surface area (Å²) >= 11 is 1.79. The second-order valence-corrected chi connectivity index (χ2v) is 8.88. The van der Waals surface area contributed by atoms with E-state index in [4.69, 9.17) is 4.99 Å². The van der Waals surface area contributed by atoms with Crippen molar-refractivity contribution in [1.82, 2.24) is 30.3 Å². The van der Waals surface area contributed by atoms with Crippen molar-refractivity contribution >= 4 is 41.3 Å². The van der Waals surface area contributed by atoms with Gasteiger partial charge in [0, 0.05) is 43.6 Å². The molecule has 0 aliphatic rings. The number of hydrogen-bond donors (Lipinski definition) is 2. The van der Waals surface area contributed by atoms with E-state index in [2.05, 4.69) is 70.9 Å². The molecule has 0 saturated carbocycles. The van der Waals surface area contributed by atoms with Crippen molar-refractivity contribution < 1.29 is 0 Å². The average Bonchev–Trinajstić information content (AvgIpc) is 3.29. The number of aryl methyl sites for hydroxylation is 1. The molecular formula is C21H38IN7S. The smallest absolute Gasteiger partial charge is 0.191 e. The van der Waals surface area contributed by atoms with Crippen LogP contribution in [0.25, 0.3) is 0 Å². The van der Waals surface area contributed by atoms with Gasteiger partial charge in [-0.05, 0) is 58.9 Å². The molecule has 0 unspecified atom stereocenters. The molecule has 0 bridgehead atoms. The van der Waals surface area contributed by atoms with E-state index < -0.39 is 0 Å². The first-order valence-corrected chi connectivity index (χ1v) is 11.4. The van der Waals surface area contributed by atoms with Crippen LogP contribution in [0.2, 0.25) is 0 Å². The number of halogens is 1. The van der Waals surface area contributed by atoms with Crippen LogP contribution in [-0.2, 0) is 20.0 Å². The Morgan fingerprint density at radius 2 is 1.87 bits per heavy atom. The summed E-state index contributed by atoms with van der Waals surface area (Å²) in [4.78, 5) is 8.63. The molecule has 0 atom stereocenters. The quantitative estimate of drug-likeness (QED) is 0.195. The summed E-state index contributed by atoms with van der Waals surface area (Å²) in [7, 11) is 1.98. The van der Waals surface area contributed by atoms with E-state index in [0.717, 1.165) is 50.1 Å². The Hall–Kier alpha value is -1.20. The lowest BCUT2D eigenvalue weighted by Gasteiger charge is -2.30. The fourth-order valence-electron chi connectivity index (χ4n) is 3.25. The van der Waals surface area contributed by atoms with Crippen LogP contribution in [-0.4, -0.2) is 57.3 Å². The van der Waals surface area contributed by atoms with Gasteiger partial charge in [-0.25, -0.2) is 4.99 Å². The predicted molar refractivity (Wildman–Crippen MR) is 138 cm³/mol. The standard InChI is InChI=1S/C21H37N7S.HI/c1-16(2)28(17(3)4)13-8-11-22-21(23-12-10-19-9-7-14-29-19)24-15-20-26-25-18(5)27(20)6;/h7,9,14,16-17H,8,10-13,15H2,1-6H3,(H2,22,23,24);1H. The molecule has 2 heterocycles. The number of guanidine groups is 1. The molecule has 170 valence electrons. The number of hydrogen-bond acceptors (Lipinski definition) is 5. The molecule has 0 saturated heterocycles. The van der Waals surface area contributed by atoms with Gasteiger partial charge in [-0.1, -0.05) is 6.07 Å². The molecule has 0 radical (unpaired) electrons. The fraction of sp³-hybridized carbons (Fsp3) is 0.667. The molecule has 7 nitrogen and oxygen atoms in total. The van der Waals surface area contributed by atoms with Crippen LogP contribution in [0, 0.1) is 6.92 Å². The van der Waals surface area contributed by atoms with E-state index in [1.807, 2.05) is 18.5 Å². The first-order chi connectivity index (χ1) is 13.9. The van der Waals surface area contributed by atoms with Crippen LogP contribution in [0.5, 0.6) is 0 Å². The molecule has 2 aromatic rings. The number of aliphatic imine (C=N–C) groups is 1. The van der Waals surface area contributed by atoms with Gasteiger partial charge in [0.05, 0.1) is 0 Å². The normalized spacial score (nSPS) is 12.0. The van der Waals surface area contributed by atoms with Crippen LogP contribution in [0.1, 0.15) is 50.6 Å². The molecule has 0 amide bonds. The fourth-order valence-corrected chi connectivity index (χ4v) is 3.96. The summed E-state index contributed by atoms with van der Waals surface area (Å²) in [6.45, 7) is 14.3. The molecule has 2 aromatic heterocycles. The topological polar surface area (TPSA) is 70.4 Å². The van der Waals surface area contributed by atoms with E-state index in [1.54, 1.807) is 11.3 Å². The molecule has 0 spiro atoms. The zero-order valence-corrected chi connectivity index (χ0v) is 22.3. The summed E-state index contributed by atoms with van der Waals surface area (Å²) in [5.41, 5.74) is 0. The third kappa shape index (κ3) is 8.89. The lowest BCUT2D eigenvalue weighted by molar-refractivity contribution is 0.173. The maximum absolute atomic E-state index is 4.73. The van der Waals surface area contributed by atoms with Crippen molar-refractivity contribution in [2.24, 2.45) is 12.0 Å². The third-order valence-electron chi connectivity index (χ3n) is 5.02. The Kier molecular flexibility index (Phi) is 12.5. The van der Waals surface area contributed by atoms with E-state index in [-0.39, 0.29) is 24.0 Å². The van der Waals surface area contributed by atoms with E-state index in [1.165, 1.54) is 4.88 Å². The van der Waals surface area contributed by atoms with Gasteiger partial charge in [-0.2, -0.15) is 0 Å². The SMILES string of the molecule is Cc1nnc(CN=C(NCCCN(C(C)C)C(C)C)NCCc2cccs2)n1C.I. The first kappa shape index (κ1) is 26.8. The molecule has 9 heteroatoms. The van der Waals surface area contributed by atoms with Crippen LogP contribution in [0.3, 0.4) is 0 Å². The van der Waals surface area contributed by atoms with Crippen molar-refractivity contribution in [3.05, 3.63) is 34.0 Å². The number of rotatable bonds is 11. The second kappa shape index (κ2) is 14.0. The molecule has 0 aliphatic carbocycles. The summed E-state index contributed by atoms with van der Waals surface area (Å²) in [6.07, 6.45) is 2.07. The van der Waals surface area contributed by atoms with Crippen molar-refractivity contribution in [2.45, 2.75) is 66.1 Å². The molecule has 0 aromatic carbocycles. The Bertz CT molecular complexity index is 733. The number of aromatic nitrogens is 3. The van der Waals surface area contributed by atoms with E-state index in [0.29, 0.717) is 18.6 Å². The van der Waals surface area contributed by atoms with Crippen LogP contribution < -0.4 is 10.6 Å². The van der Waals surface area contributed by atoms with Gasteiger partial charge >= 0.3 is 0 Å². The molecule has 30 heavy (non-hydrogen) atoms. The molecule has 2 rings (SSSR count). The zero-order chi connectivity index (χ0) is 21.2. The maximum atomic E-state index is 4.73. The highest BCUT2D eigenvalue weighted by molar-refractivity contribution is 14.0. The lowest BCUT2D eigenvalue weighted by atomic mass is 10.2. The summed E-state index contributed by atoms with van der Waals surface area (Å²) in [5, 5.41) is 17.4. The van der Waals surface area contributed by atoms with Crippen LogP contribution in [0.15, 0.2) is 22.5 Å². The molecule has 0 fully saturated rings. The number of nitrogens with one attached hydrogen (secondary N) is 2. The summed E-state index contributed by atoms with van der Waals surface area (Å²) < 4.78 is 1.98. The van der Waals surface area contributed by atoms with E-state index >= 15 is 0 Å². The third-order valence-corrected chi connectivity index (χ3v) is 5.95. The van der Waals surface area contributed by atoms with Gasteiger partial charge in [-0.3, -0.25) is 4.90 Å². The van der Waals surface area contributed by atoms with Gasteiger partial charge in [0.25, 0.3) is 0 Å². The Balaban J connectivity index is 0.00000450. The highest BCUT2D eigenvalue weighted by atomic mass is 127. The van der Waals surface area contributed by atoms with E-state index in [9.17, 15) is 0 Å². The Morgan fingerprint density at radius 1 is 1.17 bits per heavy atom. The Morgan fingerprint density at radius 3 is 2.43 bits per heavy atom. The van der Waals surface area contributed by atoms with Crippen molar-refractivity contribution in [1.29, 1.82) is 0 Å². The number of nitrogens with zero attached hydrogens (tertiary/aromatic N) is 5. The minimum atomic E-state index is 0. The van der Waals surface area contributed by atoms with Crippen molar-refractivity contribution in [3.8, 4) is 0 Å². The van der Waals surface area contributed by atoms with Gasteiger partial charge in [0.1, 0.15) is 12.4 Å². The highest BCUT2D eigenvalue weighted by Gasteiger charge is 2.12. The molecular weight excluding hydrogens is 509 g/mol. The summed E-state index contributed by atoms with van der Waals surface area (Å²) in [6, 6.07) is 5.39. The molecule has 2 N–H and O–H groups in total. The predicted octanol–water partition coefficient (Wildman–Crippen LogP) is 3.59. The largest absolute Gasteiger partial charge is 0.356 e. The minimum absolute atomic E-state index is 0. The van der Waals surface area contributed by atoms with Gasteiger partial charge < -0.3 is 15.2 Å². The summed E-state index contributed by atoms with van der Waals surface area (Å²) in [5.74, 6) is 2.60. The van der Waals surface area contributed by atoms with Gasteiger partial charge in [0.2, 0.25) is 0 Å². The lowest BCUT2D eigenvalue weighted by Crippen LogP contribution is -2.41. The second-order valence-electron chi connectivity index (χ2n) is 7.85. The van der Waals surface area contributed by atoms with Crippen molar-refractivity contribution in [3.63, 3.8) is 0 Å². The highest BCUT2D eigenvalue weighted by Crippen LogP contribution is 2.08.